The zero-order chi connectivity index (χ0) is 10.6. The fourth-order valence-electron chi connectivity index (χ4n) is 1.81. The minimum Gasteiger partial charge on any atom is -0.388 e. The normalized spacial score (nSPS) is 32.4. The highest BCUT2D eigenvalue weighted by atomic mass is 16.3. The first-order valence-electron chi connectivity index (χ1n) is 5.24. The zero-order valence-corrected chi connectivity index (χ0v) is 8.97. The van der Waals surface area contributed by atoms with Crippen LogP contribution in [0.3, 0.4) is 0 Å². The molecule has 4 nitrogen and oxygen atoms in total. The minimum absolute atomic E-state index is 0.225. The van der Waals surface area contributed by atoms with Crippen LogP contribution in [0, 0.1) is 5.92 Å². The molecule has 0 aromatic rings. The Morgan fingerprint density at radius 2 is 2.07 bits per heavy atom. The maximum absolute atomic E-state index is 10.9. The second-order valence-corrected chi connectivity index (χ2v) is 4.34. The molecular formula is C10H20N2O2. The average molecular weight is 200 g/mol. The molecule has 0 saturated heterocycles. The van der Waals surface area contributed by atoms with Crippen molar-refractivity contribution in [2.24, 2.45) is 5.92 Å². The molecule has 2 amide bonds. The van der Waals surface area contributed by atoms with E-state index in [1.165, 1.54) is 0 Å². The van der Waals surface area contributed by atoms with Gasteiger partial charge in [-0.1, -0.05) is 6.92 Å². The van der Waals surface area contributed by atoms with E-state index in [1.54, 1.807) is 7.05 Å². The monoisotopic (exact) mass is 200 g/mol. The fourth-order valence-corrected chi connectivity index (χ4v) is 1.81. The molecule has 0 radical (unpaired) electrons. The summed E-state index contributed by atoms with van der Waals surface area (Å²) in [5.74, 6) is 0.704. The van der Waals surface area contributed by atoms with E-state index < -0.39 is 5.60 Å². The van der Waals surface area contributed by atoms with Gasteiger partial charge < -0.3 is 15.7 Å². The number of rotatable bonds is 2. The molecule has 4 heteroatoms. The lowest BCUT2D eigenvalue weighted by molar-refractivity contribution is -0.00383. The third-order valence-corrected chi connectivity index (χ3v) is 3.01. The van der Waals surface area contributed by atoms with Crippen LogP contribution >= 0.6 is 0 Å². The van der Waals surface area contributed by atoms with Gasteiger partial charge in [-0.05, 0) is 31.6 Å². The number of carbonyl (C=O) groups is 1. The predicted octanol–water partition coefficient (Wildman–Crippen LogP) is 0.857. The molecule has 0 atom stereocenters. The van der Waals surface area contributed by atoms with E-state index in [9.17, 15) is 9.90 Å². The number of hydrogen-bond donors (Lipinski definition) is 3. The van der Waals surface area contributed by atoms with Crippen molar-refractivity contribution in [2.75, 3.05) is 13.6 Å². The van der Waals surface area contributed by atoms with Crippen LogP contribution in [0.1, 0.15) is 32.6 Å². The SMILES string of the molecule is CNC(=O)NCC1(O)CCC(C)CC1. The first kappa shape index (κ1) is 11.3. The molecule has 0 aromatic carbocycles. The van der Waals surface area contributed by atoms with E-state index in [4.69, 9.17) is 0 Å². The van der Waals surface area contributed by atoms with Crippen LogP contribution in [0.4, 0.5) is 4.79 Å². The number of nitrogens with one attached hydrogen (secondary N) is 2. The second-order valence-electron chi connectivity index (χ2n) is 4.34. The molecule has 0 aromatic heterocycles. The Morgan fingerprint density at radius 1 is 1.50 bits per heavy atom. The van der Waals surface area contributed by atoms with E-state index in [1.807, 2.05) is 0 Å². The number of urea groups is 1. The zero-order valence-electron chi connectivity index (χ0n) is 8.97. The third-order valence-electron chi connectivity index (χ3n) is 3.01. The molecule has 0 spiro atoms. The van der Waals surface area contributed by atoms with Gasteiger partial charge in [0.05, 0.1) is 5.60 Å². The largest absolute Gasteiger partial charge is 0.388 e. The smallest absolute Gasteiger partial charge is 0.314 e. The summed E-state index contributed by atoms with van der Waals surface area (Å²) < 4.78 is 0. The summed E-state index contributed by atoms with van der Waals surface area (Å²) in [6.07, 6.45) is 3.67. The highest BCUT2D eigenvalue weighted by Crippen LogP contribution is 2.31. The predicted molar refractivity (Wildman–Crippen MR) is 55.0 cm³/mol. The highest BCUT2D eigenvalue weighted by molar-refractivity contribution is 5.73. The summed E-state index contributed by atoms with van der Waals surface area (Å²) in [7, 11) is 1.57. The maximum Gasteiger partial charge on any atom is 0.314 e. The molecule has 82 valence electrons. The van der Waals surface area contributed by atoms with Gasteiger partial charge >= 0.3 is 6.03 Å². The maximum atomic E-state index is 10.9. The summed E-state index contributed by atoms with van der Waals surface area (Å²) in [5, 5.41) is 15.2. The lowest BCUT2D eigenvalue weighted by Crippen LogP contribution is -2.47. The van der Waals surface area contributed by atoms with Crippen LogP contribution in [0.5, 0.6) is 0 Å². The second kappa shape index (κ2) is 4.64. The van der Waals surface area contributed by atoms with Crippen molar-refractivity contribution in [3.63, 3.8) is 0 Å². The molecular weight excluding hydrogens is 180 g/mol. The van der Waals surface area contributed by atoms with E-state index in [0.717, 1.165) is 25.7 Å². The van der Waals surface area contributed by atoms with E-state index >= 15 is 0 Å². The Balaban J connectivity index is 2.31. The number of carbonyl (C=O) groups excluding carboxylic acids is 1. The summed E-state index contributed by atoms with van der Waals surface area (Å²) in [6, 6.07) is -0.225. The molecule has 0 aliphatic heterocycles. The molecule has 0 heterocycles. The van der Waals surface area contributed by atoms with Crippen molar-refractivity contribution in [1.82, 2.24) is 10.6 Å². The average Bonchev–Trinajstić information content (AvgIpc) is 2.20. The molecule has 0 unspecified atom stereocenters. The molecule has 1 aliphatic carbocycles. The minimum atomic E-state index is -0.682. The van der Waals surface area contributed by atoms with Gasteiger partial charge in [0.25, 0.3) is 0 Å². The molecule has 1 aliphatic rings. The summed E-state index contributed by atoms with van der Waals surface area (Å²) >= 11 is 0. The Labute approximate surface area is 85.1 Å². The molecule has 3 N–H and O–H groups in total. The standard InChI is InChI=1S/C10H20N2O2/c1-8-3-5-10(14,6-4-8)7-12-9(13)11-2/h8,14H,3-7H2,1-2H3,(H2,11,12,13). The van der Waals surface area contributed by atoms with Gasteiger partial charge in [-0.2, -0.15) is 0 Å². The topological polar surface area (TPSA) is 61.4 Å². The Kier molecular flexibility index (Phi) is 3.75. The number of hydrogen-bond acceptors (Lipinski definition) is 2. The fraction of sp³-hybridized carbons (Fsp3) is 0.900. The van der Waals surface area contributed by atoms with E-state index in [0.29, 0.717) is 12.5 Å². The van der Waals surface area contributed by atoms with Gasteiger partial charge in [0.2, 0.25) is 0 Å². The molecule has 1 fully saturated rings. The van der Waals surface area contributed by atoms with E-state index in [-0.39, 0.29) is 6.03 Å². The van der Waals surface area contributed by atoms with Crippen molar-refractivity contribution in [3.05, 3.63) is 0 Å². The number of amides is 2. The quantitative estimate of drug-likeness (QED) is 0.619. The van der Waals surface area contributed by atoms with Gasteiger partial charge in [-0.3, -0.25) is 0 Å². The van der Waals surface area contributed by atoms with Crippen LogP contribution in [0.15, 0.2) is 0 Å². The number of aliphatic hydroxyl groups is 1. The first-order chi connectivity index (χ1) is 6.56. The van der Waals surface area contributed by atoms with Gasteiger partial charge in [0, 0.05) is 13.6 Å². The van der Waals surface area contributed by atoms with Gasteiger partial charge in [-0.15, -0.1) is 0 Å². The van der Waals surface area contributed by atoms with Crippen molar-refractivity contribution in [3.8, 4) is 0 Å². The summed E-state index contributed by atoms with van der Waals surface area (Å²) in [6.45, 7) is 2.56. The molecule has 1 saturated carbocycles. The third kappa shape index (κ3) is 3.18. The van der Waals surface area contributed by atoms with Gasteiger partial charge in [0.1, 0.15) is 0 Å². The van der Waals surface area contributed by atoms with Gasteiger partial charge in [0.15, 0.2) is 0 Å². The molecule has 0 bridgehead atoms. The van der Waals surface area contributed by atoms with Gasteiger partial charge in [-0.25, -0.2) is 4.79 Å². The first-order valence-corrected chi connectivity index (χ1v) is 5.24. The lowest BCUT2D eigenvalue weighted by Gasteiger charge is -2.34. The van der Waals surface area contributed by atoms with Crippen molar-refractivity contribution < 1.29 is 9.90 Å². The van der Waals surface area contributed by atoms with Crippen molar-refractivity contribution in [2.45, 2.75) is 38.2 Å². The van der Waals surface area contributed by atoms with E-state index in [2.05, 4.69) is 17.6 Å². The van der Waals surface area contributed by atoms with Crippen LogP contribution in [0.2, 0.25) is 0 Å². The van der Waals surface area contributed by atoms with Crippen molar-refractivity contribution >= 4 is 6.03 Å². The van der Waals surface area contributed by atoms with Crippen molar-refractivity contribution in [1.29, 1.82) is 0 Å². The Hall–Kier alpha value is -0.770. The van der Waals surface area contributed by atoms with Crippen LogP contribution in [-0.4, -0.2) is 30.3 Å². The molecule has 1 rings (SSSR count). The molecule has 14 heavy (non-hydrogen) atoms. The lowest BCUT2D eigenvalue weighted by atomic mass is 9.79. The summed E-state index contributed by atoms with van der Waals surface area (Å²) in [4.78, 5) is 10.9. The Bertz CT molecular complexity index is 198. The summed E-state index contributed by atoms with van der Waals surface area (Å²) in [5.41, 5.74) is -0.682. The highest BCUT2D eigenvalue weighted by Gasteiger charge is 2.31. The van der Waals surface area contributed by atoms with Crippen LogP contribution in [-0.2, 0) is 0 Å². The Morgan fingerprint density at radius 3 is 2.57 bits per heavy atom. The van der Waals surface area contributed by atoms with Crippen LogP contribution in [0.25, 0.3) is 0 Å². The van der Waals surface area contributed by atoms with Crippen LogP contribution < -0.4 is 10.6 Å².